The van der Waals surface area contributed by atoms with Crippen LogP contribution in [-0.2, 0) is 0 Å². The van der Waals surface area contributed by atoms with Crippen molar-refractivity contribution in [3.8, 4) is 11.8 Å². The average Bonchev–Trinajstić information content (AvgIpc) is 2.48. The van der Waals surface area contributed by atoms with Crippen molar-refractivity contribution in [2.45, 2.75) is 13.3 Å². The normalized spacial score (nSPS) is 11.0. The smallest absolute Gasteiger partial charge is 0.464 e. The molecule has 1 aromatic heterocycles. The van der Waals surface area contributed by atoms with Gasteiger partial charge in [-0.1, -0.05) is 12.1 Å². The lowest BCUT2D eigenvalue weighted by molar-refractivity contribution is -0.274. The van der Waals surface area contributed by atoms with E-state index in [9.17, 15) is 18.0 Å². The number of hydrogen-bond acceptors (Lipinski definition) is 5. The first-order chi connectivity index (χ1) is 10.9. The molecule has 0 fully saturated rings. The number of para-hydroxylation sites is 1. The summed E-state index contributed by atoms with van der Waals surface area (Å²) in [5.74, 6) is -1.37. The molecule has 1 N–H and O–H groups in total. The van der Waals surface area contributed by atoms with Gasteiger partial charge in [-0.15, -0.1) is 13.2 Å². The first-order valence-corrected chi connectivity index (χ1v) is 6.50. The summed E-state index contributed by atoms with van der Waals surface area (Å²) in [6, 6.07) is 5.15. The van der Waals surface area contributed by atoms with Crippen molar-refractivity contribution in [2.24, 2.45) is 0 Å². The number of amides is 1. The number of aromatic nitrogens is 2. The van der Waals surface area contributed by atoms with Gasteiger partial charge in [0.05, 0.1) is 30.3 Å². The van der Waals surface area contributed by atoms with E-state index >= 15 is 0 Å². The van der Waals surface area contributed by atoms with E-state index < -0.39 is 18.0 Å². The number of ether oxygens (including phenoxy) is 2. The Morgan fingerprint density at radius 3 is 2.48 bits per heavy atom. The van der Waals surface area contributed by atoms with Gasteiger partial charge >= 0.3 is 12.4 Å². The van der Waals surface area contributed by atoms with Crippen molar-refractivity contribution in [3.63, 3.8) is 0 Å². The molecule has 1 heterocycles. The van der Waals surface area contributed by atoms with Crippen molar-refractivity contribution in [3.05, 3.63) is 42.2 Å². The lowest BCUT2D eigenvalue weighted by atomic mass is 10.2. The lowest BCUT2D eigenvalue weighted by Crippen LogP contribution is -2.21. The fourth-order valence-corrected chi connectivity index (χ4v) is 1.65. The van der Waals surface area contributed by atoms with Gasteiger partial charge in [0.1, 0.15) is 5.75 Å². The number of carbonyl (C=O) groups excluding carboxylic acids is 1. The van der Waals surface area contributed by atoms with Crippen LogP contribution in [0.15, 0.2) is 36.7 Å². The fraction of sp³-hybridized carbons (Fsp3) is 0.214. The third-order valence-electron chi connectivity index (χ3n) is 2.52. The summed E-state index contributed by atoms with van der Waals surface area (Å²) in [7, 11) is 0. The van der Waals surface area contributed by atoms with Crippen molar-refractivity contribution in [1.29, 1.82) is 0 Å². The van der Waals surface area contributed by atoms with Gasteiger partial charge in [0.15, 0.2) is 0 Å². The minimum Gasteiger partial charge on any atom is -0.464 e. The number of anilines is 1. The van der Waals surface area contributed by atoms with Gasteiger partial charge < -0.3 is 14.8 Å². The fourth-order valence-electron chi connectivity index (χ4n) is 1.65. The number of hydrogen-bond donors (Lipinski definition) is 1. The Hall–Kier alpha value is -2.84. The highest BCUT2D eigenvalue weighted by molar-refractivity contribution is 6.06. The summed E-state index contributed by atoms with van der Waals surface area (Å²) in [5, 5.41) is 2.39. The zero-order valence-electron chi connectivity index (χ0n) is 11.9. The zero-order valence-corrected chi connectivity index (χ0v) is 11.9. The second kappa shape index (κ2) is 6.95. The highest BCUT2D eigenvalue weighted by atomic mass is 19.4. The number of halogens is 3. The maximum Gasteiger partial charge on any atom is 0.573 e. The lowest BCUT2D eigenvalue weighted by Gasteiger charge is -2.13. The zero-order chi connectivity index (χ0) is 16.9. The summed E-state index contributed by atoms with van der Waals surface area (Å²) >= 11 is 0. The van der Waals surface area contributed by atoms with Crippen LogP contribution in [0.1, 0.15) is 17.3 Å². The molecule has 6 nitrogen and oxygen atoms in total. The Balaban J connectivity index is 2.14. The molecule has 23 heavy (non-hydrogen) atoms. The number of carbonyl (C=O) groups is 1. The van der Waals surface area contributed by atoms with Gasteiger partial charge in [-0.3, -0.25) is 4.79 Å². The Kier molecular flexibility index (Phi) is 4.99. The molecule has 0 saturated carbocycles. The standard InChI is InChI=1S/C14H12F3N3O3/c1-2-22-13-18-7-9(8-19-13)20-12(21)10-5-3-4-6-11(10)23-14(15,16)17/h3-8H,2H2,1H3,(H,20,21). The number of rotatable bonds is 5. The SMILES string of the molecule is CCOc1ncc(NC(=O)c2ccccc2OC(F)(F)F)cn1. The van der Waals surface area contributed by atoms with E-state index in [1.54, 1.807) is 6.92 Å². The summed E-state index contributed by atoms with van der Waals surface area (Å²) in [5.41, 5.74) is -0.0565. The van der Waals surface area contributed by atoms with E-state index in [2.05, 4.69) is 20.0 Å². The molecule has 9 heteroatoms. The van der Waals surface area contributed by atoms with E-state index in [0.717, 1.165) is 6.07 Å². The molecular formula is C14H12F3N3O3. The van der Waals surface area contributed by atoms with Gasteiger partial charge in [0, 0.05) is 0 Å². The molecule has 0 radical (unpaired) electrons. The predicted molar refractivity (Wildman–Crippen MR) is 74.3 cm³/mol. The molecule has 0 spiro atoms. The third kappa shape index (κ3) is 4.83. The molecular weight excluding hydrogens is 315 g/mol. The van der Waals surface area contributed by atoms with Crippen molar-refractivity contribution in [2.75, 3.05) is 11.9 Å². The summed E-state index contributed by atoms with van der Waals surface area (Å²) in [4.78, 5) is 19.8. The largest absolute Gasteiger partial charge is 0.573 e. The Morgan fingerprint density at radius 1 is 1.22 bits per heavy atom. The van der Waals surface area contributed by atoms with Gasteiger partial charge in [0.2, 0.25) is 0 Å². The quantitative estimate of drug-likeness (QED) is 0.914. The van der Waals surface area contributed by atoms with Crippen LogP contribution >= 0.6 is 0 Å². The molecule has 0 saturated heterocycles. The van der Waals surface area contributed by atoms with Crippen LogP contribution < -0.4 is 14.8 Å². The van der Waals surface area contributed by atoms with E-state index in [0.29, 0.717) is 6.61 Å². The maximum absolute atomic E-state index is 12.3. The monoisotopic (exact) mass is 327 g/mol. The number of nitrogens with zero attached hydrogens (tertiary/aromatic N) is 2. The summed E-state index contributed by atoms with van der Waals surface area (Å²) in [6.45, 7) is 2.14. The molecule has 0 atom stereocenters. The molecule has 0 aliphatic heterocycles. The Morgan fingerprint density at radius 2 is 1.87 bits per heavy atom. The third-order valence-corrected chi connectivity index (χ3v) is 2.52. The molecule has 2 aromatic rings. The first kappa shape index (κ1) is 16.5. The Labute approximate surface area is 129 Å². The second-order valence-electron chi connectivity index (χ2n) is 4.19. The molecule has 1 aromatic carbocycles. The minimum atomic E-state index is -4.89. The van der Waals surface area contributed by atoms with Gasteiger partial charge in [-0.25, -0.2) is 9.97 Å². The highest BCUT2D eigenvalue weighted by Gasteiger charge is 2.32. The molecule has 0 aliphatic carbocycles. The van der Waals surface area contributed by atoms with Gasteiger partial charge in [0.25, 0.3) is 5.91 Å². The van der Waals surface area contributed by atoms with E-state index in [1.807, 2.05) is 0 Å². The molecule has 0 bridgehead atoms. The van der Waals surface area contributed by atoms with Crippen molar-refractivity contribution >= 4 is 11.6 Å². The van der Waals surface area contributed by atoms with Crippen LogP contribution in [0.25, 0.3) is 0 Å². The second-order valence-corrected chi connectivity index (χ2v) is 4.19. The van der Waals surface area contributed by atoms with Crippen LogP contribution in [0, 0.1) is 0 Å². The van der Waals surface area contributed by atoms with Crippen LogP contribution in [0.4, 0.5) is 18.9 Å². The average molecular weight is 327 g/mol. The van der Waals surface area contributed by atoms with Crippen LogP contribution in [0.5, 0.6) is 11.8 Å². The van der Waals surface area contributed by atoms with Crippen LogP contribution in [0.3, 0.4) is 0 Å². The van der Waals surface area contributed by atoms with Gasteiger partial charge in [-0.2, -0.15) is 0 Å². The first-order valence-electron chi connectivity index (χ1n) is 6.50. The van der Waals surface area contributed by atoms with E-state index in [4.69, 9.17) is 4.74 Å². The number of nitrogens with one attached hydrogen (secondary N) is 1. The molecule has 0 aliphatic rings. The van der Waals surface area contributed by atoms with Crippen molar-refractivity contribution < 1.29 is 27.4 Å². The van der Waals surface area contributed by atoms with Crippen LogP contribution in [-0.4, -0.2) is 28.8 Å². The number of alkyl halides is 3. The predicted octanol–water partition coefficient (Wildman–Crippen LogP) is 3.03. The van der Waals surface area contributed by atoms with E-state index in [1.165, 1.54) is 30.6 Å². The van der Waals surface area contributed by atoms with Crippen LogP contribution in [0.2, 0.25) is 0 Å². The number of benzene rings is 1. The Bertz CT molecular complexity index is 675. The molecule has 1 amide bonds. The molecule has 122 valence electrons. The topological polar surface area (TPSA) is 73.3 Å². The summed E-state index contributed by atoms with van der Waals surface area (Å²) in [6.07, 6.45) is -2.33. The maximum atomic E-state index is 12.3. The summed E-state index contributed by atoms with van der Waals surface area (Å²) < 4.78 is 45.9. The molecule has 0 unspecified atom stereocenters. The van der Waals surface area contributed by atoms with Crippen molar-refractivity contribution in [1.82, 2.24) is 9.97 Å². The van der Waals surface area contributed by atoms with Gasteiger partial charge in [-0.05, 0) is 19.1 Å². The minimum absolute atomic E-state index is 0.131. The molecule has 2 rings (SSSR count). The highest BCUT2D eigenvalue weighted by Crippen LogP contribution is 2.26. The van der Waals surface area contributed by atoms with E-state index in [-0.39, 0.29) is 17.3 Å².